The summed E-state index contributed by atoms with van der Waals surface area (Å²) in [5, 5.41) is 3.51. The van der Waals surface area contributed by atoms with Gasteiger partial charge >= 0.3 is 0 Å². The number of benzene rings is 2. The molecule has 4 nitrogen and oxygen atoms in total. The number of nitrogens with one attached hydrogen (secondary N) is 1. The Morgan fingerprint density at radius 3 is 2.76 bits per heavy atom. The molecule has 0 aliphatic carbocycles. The van der Waals surface area contributed by atoms with Crippen molar-refractivity contribution in [3.8, 4) is 0 Å². The lowest BCUT2D eigenvalue weighted by Gasteiger charge is -2.06. The number of nitrogens with zero attached hydrogens (tertiary/aromatic N) is 2. The van der Waals surface area contributed by atoms with Crippen LogP contribution in [0.15, 0.2) is 48.8 Å². The molecule has 1 aromatic heterocycles. The number of aromatic nitrogens is 2. The van der Waals surface area contributed by atoms with Gasteiger partial charge in [-0.1, -0.05) is 17.7 Å². The number of carbonyl (C=O) groups is 1. The minimum atomic E-state index is -0.118. The summed E-state index contributed by atoms with van der Waals surface area (Å²) in [6, 6.07) is 12.8. The Balaban J connectivity index is 1.71. The van der Waals surface area contributed by atoms with E-state index in [2.05, 4.69) is 10.3 Å². The smallest absolute Gasteiger partial charge is 0.251 e. The van der Waals surface area contributed by atoms with E-state index < -0.39 is 0 Å². The highest BCUT2D eigenvalue weighted by Gasteiger charge is 2.06. The molecule has 0 atom stereocenters. The zero-order chi connectivity index (χ0) is 14.8. The zero-order valence-electron chi connectivity index (χ0n) is 11.5. The van der Waals surface area contributed by atoms with Crippen LogP contribution in [0, 0.1) is 0 Å². The third-order valence-electron chi connectivity index (χ3n) is 3.35. The summed E-state index contributed by atoms with van der Waals surface area (Å²) in [7, 11) is 1.96. The molecule has 1 N–H and O–H groups in total. The number of amides is 1. The van der Waals surface area contributed by atoms with Gasteiger partial charge in [-0.25, -0.2) is 4.98 Å². The topological polar surface area (TPSA) is 46.9 Å². The van der Waals surface area contributed by atoms with Crippen LogP contribution in [0.3, 0.4) is 0 Å². The number of halogens is 1. The van der Waals surface area contributed by atoms with Gasteiger partial charge < -0.3 is 9.88 Å². The molecule has 1 heterocycles. The molecule has 21 heavy (non-hydrogen) atoms. The zero-order valence-corrected chi connectivity index (χ0v) is 12.3. The summed E-state index contributed by atoms with van der Waals surface area (Å²) in [4.78, 5) is 16.3. The van der Waals surface area contributed by atoms with E-state index in [0.29, 0.717) is 17.1 Å². The average molecular weight is 300 g/mol. The number of carbonyl (C=O) groups excluding carboxylic acids is 1. The van der Waals surface area contributed by atoms with Crippen molar-refractivity contribution >= 4 is 28.5 Å². The number of hydrogen-bond donors (Lipinski definition) is 1. The maximum atomic E-state index is 12.0. The Labute approximate surface area is 127 Å². The summed E-state index contributed by atoms with van der Waals surface area (Å²) in [5.74, 6) is -0.118. The van der Waals surface area contributed by atoms with Gasteiger partial charge in [0.25, 0.3) is 5.91 Å². The molecule has 2 aromatic carbocycles. The van der Waals surface area contributed by atoms with Crippen molar-refractivity contribution in [2.45, 2.75) is 6.54 Å². The molecule has 0 saturated carbocycles. The normalized spacial score (nSPS) is 10.8. The molecule has 0 aliphatic rings. The van der Waals surface area contributed by atoms with Gasteiger partial charge in [-0.3, -0.25) is 4.79 Å². The summed E-state index contributed by atoms with van der Waals surface area (Å²) >= 11 is 5.81. The highest BCUT2D eigenvalue weighted by molar-refractivity contribution is 6.30. The number of hydrogen-bond acceptors (Lipinski definition) is 2. The molecular formula is C16H14ClN3O. The number of fused-ring (bicyclic) bond motifs is 1. The fraction of sp³-hybridized carbons (Fsp3) is 0.125. The molecule has 1 amide bonds. The van der Waals surface area contributed by atoms with Gasteiger partial charge in [0.1, 0.15) is 0 Å². The van der Waals surface area contributed by atoms with E-state index in [1.807, 2.05) is 29.8 Å². The Hall–Kier alpha value is -2.33. The summed E-state index contributed by atoms with van der Waals surface area (Å²) < 4.78 is 1.96. The predicted molar refractivity (Wildman–Crippen MR) is 83.3 cm³/mol. The first-order valence-corrected chi connectivity index (χ1v) is 6.95. The van der Waals surface area contributed by atoms with Gasteiger partial charge in [-0.15, -0.1) is 0 Å². The minimum Gasteiger partial charge on any atom is -0.348 e. The lowest BCUT2D eigenvalue weighted by molar-refractivity contribution is 0.0951. The van der Waals surface area contributed by atoms with Crippen LogP contribution >= 0.6 is 11.6 Å². The fourth-order valence-corrected chi connectivity index (χ4v) is 2.30. The van der Waals surface area contributed by atoms with E-state index in [9.17, 15) is 4.79 Å². The van der Waals surface area contributed by atoms with Crippen LogP contribution in [0.25, 0.3) is 11.0 Å². The van der Waals surface area contributed by atoms with Crippen molar-refractivity contribution in [3.63, 3.8) is 0 Å². The van der Waals surface area contributed by atoms with E-state index >= 15 is 0 Å². The standard InChI is InChI=1S/C16H14ClN3O/c1-20-10-19-14-8-11(2-7-15(14)20)9-18-16(21)12-3-5-13(17)6-4-12/h2-8,10H,9H2,1H3,(H,18,21). The van der Waals surface area contributed by atoms with Crippen LogP contribution in [0.5, 0.6) is 0 Å². The quantitative estimate of drug-likeness (QED) is 0.807. The van der Waals surface area contributed by atoms with E-state index in [1.165, 1.54) is 0 Å². The molecule has 3 aromatic rings. The molecule has 0 fully saturated rings. The number of rotatable bonds is 3. The van der Waals surface area contributed by atoms with Gasteiger partial charge in [-0.2, -0.15) is 0 Å². The fourth-order valence-electron chi connectivity index (χ4n) is 2.18. The minimum absolute atomic E-state index is 0.118. The number of imidazole rings is 1. The lowest BCUT2D eigenvalue weighted by atomic mass is 10.1. The van der Waals surface area contributed by atoms with E-state index in [4.69, 9.17) is 11.6 Å². The van der Waals surface area contributed by atoms with Gasteiger partial charge in [0.05, 0.1) is 17.4 Å². The van der Waals surface area contributed by atoms with Gasteiger partial charge in [0.15, 0.2) is 0 Å². The first-order valence-electron chi connectivity index (χ1n) is 6.57. The van der Waals surface area contributed by atoms with Crippen LogP contribution in [0.1, 0.15) is 15.9 Å². The first kappa shape index (κ1) is 13.6. The van der Waals surface area contributed by atoms with Crippen molar-refractivity contribution in [2.75, 3.05) is 0 Å². The second-order valence-electron chi connectivity index (χ2n) is 4.87. The van der Waals surface area contributed by atoms with Gasteiger partial charge in [0, 0.05) is 24.2 Å². The van der Waals surface area contributed by atoms with Crippen LogP contribution in [0.2, 0.25) is 5.02 Å². The van der Waals surface area contributed by atoms with Crippen LogP contribution in [0.4, 0.5) is 0 Å². The van der Waals surface area contributed by atoms with E-state index in [-0.39, 0.29) is 5.91 Å². The molecule has 0 spiro atoms. The number of aryl methyl sites for hydroxylation is 1. The Morgan fingerprint density at radius 1 is 1.24 bits per heavy atom. The Morgan fingerprint density at radius 2 is 2.00 bits per heavy atom. The van der Waals surface area contributed by atoms with Crippen LogP contribution < -0.4 is 5.32 Å². The third kappa shape index (κ3) is 2.90. The summed E-state index contributed by atoms with van der Waals surface area (Å²) in [5.41, 5.74) is 3.61. The van der Waals surface area contributed by atoms with Crippen molar-refractivity contribution in [1.29, 1.82) is 0 Å². The molecular weight excluding hydrogens is 286 g/mol. The highest BCUT2D eigenvalue weighted by atomic mass is 35.5. The molecule has 0 aliphatic heterocycles. The van der Waals surface area contributed by atoms with Crippen molar-refractivity contribution in [2.24, 2.45) is 7.05 Å². The second-order valence-corrected chi connectivity index (χ2v) is 5.30. The Bertz CT molecular complexity index is 793. The van der Waals surface area contributed by atoms with E-state index in [0.717, 1.165) is 16.6 Å². The van der Waals surface area contributed by atoms with Crippen LogP contribution in [-0.2, 0) is 13.6 Å². The van der Waals surface area contributed by atoms with Crippen molar-refractivity contribution in [1.82, 2.24) is 14.9 Å². The van der Waals surface area contributed by atoms with Gasteiger partial charge in [-0.05, 0) is 42.0 Å². The maximum absolute atomic E-state index is 12.0. The summed E-state index contributed by atoms with van der Waals surface area (Å²) in [6.07, 6.45) is 1.78. The molecule has 0 bridgehead atoms. The first-order chi connectivity index (χ1) is 10.1. The van der Waals surface area contributed by atoms with Gasteiger partial charge in [0.2, 0.25) is 0 Å². The second kappa shape index (κ2) is 5.58. The maximum Gasteiger partial charge on any atom is 0.251 e. The molecule has 0 unspecified atom stereocenters. The summed E-state index contributed by atoms with van der Waals surface area (Å²) in [6.45, 7) is 0.466. The average Bonchev–Trinajstić information content (AvgIpc) is 2.86. The monoisotopic (exact) mass is 299 g/mol. The molecule has 3 rings (SSSR count). The third-order valence-corrected chi connectivity index (χ3v) is 3.60. The van der Waals surface area contributed by atoms with E-state index in [1.54, 1.807) is 30.6 Å². The molecule has 5 heteroatoms. The molecule has 0 saturated heterocycles. The molecule has 0 radical (unpaired) electrons. The largest absolute Gasteiger partial charge is 0.348 e. The van der Waals surface area contributed by atoms with Crippen molar-refractivity contribution in [3.05, 3.63) is 64.9 Å². The highest BCUT2D eigenvalue weighted by Crippen LogP contribution is 2.14. The SMILES string of the molecule is Cn1cnc2cc(CNC(=O)c3ccc(Cl)cc3)ccc21. The lowest BCUT2D eigenvalue weighted by Crippen LogP contribution is -2.22. The Kier molecular flexibility index (Phi) is 3.62. The molecule has 106 valence electrons. The predicted octanol–water partition coefficient (Wildman–Crippen LogP) is 3.16. The van der Waals surface area contributed by atoms with Crippen LogP contribution in [-0.4, -0.2) is 15.5 Å². The van der Waals surface area contributed by atoms with Crippen molar-refractivity contribution < 1.29 is 4.79 Å².